The first-order valence-corrected chi connectivity index (χ1v) is 9.09. The molecule has 1 fully saturated rings. The van der Waals surface area contributed by atoms with Gasteiger partial charge in [-0.2, -0.15) is 0 Å². The van der Waals surface area contributed by atoms with E-state index in [1.807, 2.05) is 16.7 Å². The predicted octanol–water partition coefficient (Wildman–Crippen LogP) is 2.05. The topological polar surface area (TPSA) is 113 Å². The van der Waals surface area contributed by atoms with E-state index in [-0.39, 0.29) is 12.3 Å². The fourth-order valence-electron chi connectivity index (χ4n) is 3.01. The number of aromatic nitrogens is 5. The van der Waals surface area contributed by atoms with Gasteiger partial charge in [-0.3, -0.25) is 18.9 Å². The molecule has 0 amide bonds. The Morgan fingerprint density at radius 1 is 1.27 bits per heavy atom. The number of hydrogen-bond acceptors (Lipinski definition) is 9. The van der Waals surface area contributed by atoms with Gasteiger partial charge in [0, 0.05) is 18.9 Å². The molecule has 9 nitrogen and oxygen atoms in total. The molecule has 3 aromatic rings. The molecule has 3 aromatic heterocycles. The number of fused-ring (bicyclic) bond motifs is 1. The number of nitrogens with one attached hydrogen (secondary N) is 1. The van der Waals surface area contributed by atoms with E-state index in [1.165, 1.54) is 6.33 Å². The van der Waals surface area contributed by atoms with Crippen molar-refractivity contribution in [1.29, 1.82) is 0 Å². The first-order chi connectivity index (χ1) is 12.8. The number of ether oxygens (including phenoxy) is 1. The predicted molar refractivity (Wildman–Crippen MR) is 97.8 cm³/mol. The quantitative estimate of drug-likeness (QED) is 0.474. The van der Waals surface area contributed by atoms with Crippen LogP contribution in [0.5, 0.6) is 0 Å². The molecule has 0 aliphatic carbocycles. The molecule has 3 N–H and O–H groups in total. The summed E-state index contributed by atoms with van der Waals surface area (Å²) in [5.41, 5.74) is 2.59. The van der Waals surface area contributed by atoms with Gasteiger partial charge < -0.3 is 10.1 Å². The van der Waals surface area contributed by atoms with Gasteiger partial charge in [-0.25, -0.2) is 15.0 Å². The summed E-state index contributed by atoms with van der Waals surface area (Å²) >= 11 is 0.863. The van der Waals surface area contributed by atoms with E-state index in [4.69, 9.17) is 14.1 Å². The summed E-state index contributed by atoms with van der Waals surface area (Å²) in [7, 11) is 0. The third-order valence-electron chi connectivity index (χ3n) is 4.29. The average Bonchev–Trinajstić information content (AvgIpc) is 3.32. The van der Waals surface area contributed by atoms with Gasteiger partial charge >= 0.3 is 0 Å². The Balaban J connectivity index is 1.50. The monoisotopic (exact) mass is 373 g/mol. The van der Waals surface area contributed by atoms with Gasteiger partial charge in [0.15, 0.2) is 17.0 Å². The number of nitrogens with zero attached hydrogens (tertiary/aromatic N) is 5. The summed E-state index contributed by atoms with van der Waals surface area (Å²) in [6.07, 6.45) is 8.52. The van der Waals surface area contributed by atoms with Gasteiger partial charge in [0.05, 0.1) is 31.3 Å². The molecule has 2 atom stereocenters. The number of rotatable bonds is 7. The molecule has 10 heteroatoms. The van der Waals surface area contributed by atoms with Crippen LogP contribution in [0.1, 0.15) is 24.6 Å². The zero-order valence-corrected chi connectivity index (χ0v) is 14.8. The van der Waals surface area contributed by atoms with Crippen molar-refractivity contribution in [3.8, 4) is 0 Å². The lowest BCUT2D eigenvalue weighted by molar-refractivity contribution is -0.0128. The fraction of sp³-hybridized carbons (Fsp3) is 0.375. The van der Waals surface area contributed by atoms with Crippen LogP contribution in [0.2, 0.25) is 0 Å². The fourth-order valence-corrected chi connectivity index (χ4v) is 3.24. The van der Waals surface area contributed by atoms with Crippen molar-refractivity contribution >= 4 is 29.2 Å². The molecule has 1 saturated heterocycles. The smallest absolute Gasteiger partial charge is 0.167 e. The van der Waals surface area contributed by atoms with Crippen molar-refractivity contribution in [2.75, 3.05) is 11.9 Å². The molecule has 0 radical (unpaired) electrons. The molecule has 0 aromatic carbocycles. The molecule has 1 aliphatic rings. The van der Waals surface area contributed by atoms with Gasteiger partial charge in [-0.05, 0) is 30.5 Å². The number of anilines is 1. The second-order valence-corrected chi connectivity index (χ2v) is 6.35. The van der Waals surface area contributed by atoms with Crippen molar-refractivity contribution in [1.82, 2.24) is 24.5 Å². The standard InChI is InChI=1S/C16H19N7O2S/c17-26-24-8-12-1-2-13(25-12)23-10-22-14-15(20-9-21-16(14)23)19-7-11-3-5-18-6-4-11/h3-6,9-10,12-13H,1-2,7-8,17H2,(H,19,20,21). The summed E-state index contributed by atoms with van der Waals surface area (Å²) in [4.78, 5) is 17.2. The summed E-state index contributed by atoms with van der Waals surface area (Å²) < 4.78 is 13.1. The molecule has 26 heavy (non-hydrogen) atoms. The number of imidazole rings is 1. The molecule has 0 saturated carbocycles. The zero-order chi connectivity index (χ0) is 17.8. The normalized spacial score (nSPS) is 19.9. The zero-order valence-electron chi connectivity index (χ0n) is 14.0. The van der Waals surface area contributed by atoms with E-state index < -0.39 is 0 Å². The molecule has 0 bridgehead atoms. The number of nitrogens with two attached hydrogens (primary N) is 1. The Hall–Kier alpha value is -2.27. The van der Waals surface area contributed by atoms with E-state index in [0.717, 1.165) is 41.8 Å². The second-order valence-electron chi connectivity index (χ2n) is 5.93. The highest BCUT2D eigenvalue weighted by molar-refractivity contribution is 7.92. The lowest BCUT2D eigenvalue weighted by atomic mass is 10.2. The van der Waals surface area contributed by atoms with E-state index in [0.29, 0.717) is 19.0 Å². The summed E-state index contributed by atoms with van der Waals surface area (Å²) in [6, 6.07) is 3.91. The van der Waals surface area contributed by atoms with Crippen molar-refractivity contribution in [2.45, 2.75) is 31.7 Å². The molecular weight excluding hydrogens is 354 g/mol. The van der Waals surface area contributed by atoms with Crippen LogP contribution in [0.4, 0.5) is 5.82 Å². The Labute approximate surface area is 154 Å². The Bertz CT molecular complexity index is 860. The molecule has 0 spiro atoms. The minimum absolute atomic E-state index is 0.0274. The first-order valence-electron chi connectivity index (χ1n) is 8.29. The van der Waals surface area contributed by atoms with Crippen LogP contribution < -0.4 is 10.5 Å². The SMILES string of the molecule is NSOCC1CCC(n2cnc3c(NCc4ccncc4)ncnc32)O1. The Kier molecular flexibility index (Phi) is 5.25. The van der Waals surface area contributed by atoms with Gasteiger partial charge in [0.2, 0.25) is 0 Å². The molecule has 2 unspecified atom stereocenters. The van der Waals surface area contributed by atoms with Crippen molar-refractivity contribution in [2.24, 2.45) is 5.14 Å². The van der Waals surface area contributed by atoms with Crippen LogP contribution in [0, 0.1) is 0 Å². The first kappa shape index (κ1) is 17.2. The maximum absolute atomic E-state index is 6.03. The average molecular weight is 373 g/mol. The van der Waals surface area contributed by atoms with E-state index >= 15 is 0 Å². The van der Waals surface area contributed by atoms with Crippen LogP contribution in [0.15, 0.2) is 37.2 Å². The van der Waals surface area contributed by atoms with Gasteiger partial charge in [-0.15, -0.1) is 0 Å². The highest BCUT2D eigenvalue weighted by Gasteiger charge is 2.28. The van der Waals surface area contributed by atoms with Crippen molar-refractivity contribution < 1.29 is 8.92 Å². The van der Waals surface area contributed by atoms with Crippen LogP contribution >= 0.6 is 12.2 Å². The molecule has 4 heterocycles. The third kappa shape index (κ3) is 3.63. The number of pyridine rings is 1. The highest BCUT2D eigenvalue weighted by atomic mass is 32.2. The summed E-state index contributed by atoms with van der Waals surface area (Å²) in [5.74, 6) is 0.697. The van der Waals surface area contributed by atoms with Crippen LogP contribution in [-0.2, 0) is 15.5 Å². The highest BCUT2D eigenvalue weighted by Crippen LogP contribution is 2.31. The van der Waals surface area contributed by atoms with Crippen LogP contribution in [-0.4, -0.2) is 37.2 Å². The lowest BCUT2D eigenvalue weighted by Crippen LogP contribution is -2.15. The molecule has 4 rings (SSSR count). The molecular formula is C16H19N7O2S. The minimum Gasteiger partial charge on any atom is -0.364 e. The Morgan fingerprint density at radius 3 is 3.00 bits per heavy atom. The van der Waals surface area contributed by atoms with Crippen molar-refractivity contribution in [3.63, 3.8) is 0 Å². The van der Waals surface area contributed by atoms with Gasteiger partial charge in [-0.1, -0.05) is 0 Å². The van der Waals surface area contributed by atoms with Crippen molar-refractivity contribution in [3.05, 3.63) is 42.7 Å². The Morgan fingerprint density at radius 2 is 2.15 bits per heavy atom. The third-order valence-corrected chi connectivity index (χ3v) is 4.56. The maximum atomic E-state index is 6.03. The van der Waals surface area contributed by atoms with Crippen LogP contribution in [0.25, 0.3) is 11.2 Å². The van der Waals surface area contributed by atoms with Gasteiger partial charge in [0.1, 0.15) is 12.6 Å². The summed E-state index contributed by atoms with van der Waals surface area (Å²) in [5, 5.41) is 8.61. The maximum Gasteiger partial charge on any atom is 0.167 e. The van der Waals surface area contributed by atoms with E-state index in [2.05, 4.69) is 25.3 Å². The molecule has 136 valence electrons. The largest absolute Gasteiger partial charge is 0.364 e. The van der Waals surface area contributed by atoms with E-state index in [9.17, 15) is 0 Å². The lowest BCUT2D eigenvalue weighted by Gasteiger charge is -2.14. The second kappa shape index (κ2) is 7.96. The van der Waals surface area contributed by atoms with E-state index in [1.54, 1.807) is 18.7 Å². The number of hydrogen-bond donors (Lipinski definition) is 2. The summed E-state index contributed by atoms with van der Waals surface area (Å²) in [6.45, 7) is 1.11. The van der Waals surface area contributed by atoms with Crippen LogP contribution in [0.3, 0.4) is 0 Å². The van der Waals surface area contributed by atoms with Gasteiger partial charge in [0.25, 0.3) is 0 Å². The minimum atomic E-state index is -0.112. The molecule has 1 aliphatic heterocycles.